The van der Waals surface area contributed by atoms with Gasteiger partial charge < -0.3 is 5.32 Å². The van der Waals surface area contributed by atoms with Crippen LogP contribution in [0, 0.1) is 0 Å². The van der Waals surface area contributed by atoms with Crippen LogP contribution >= 0.6 is 0 Å². The van der Waals surface area contributed by atoms with Crippen molar-refractivity contribution in [2.45, 2.75) is 32.7 Å². The van der Waals surface area contributed by atoms with Gasteiger partial charge in [-0.15, -0.1) is 0 Å². The normalized spacial score (nSPS) is 11.9. The van der Waals surface area contributed by atoms with Gasteiger partial charge in [0.2, 0.25) is 0 Å². The summed E-state index contributed by atoms with van der Waals surface area (Å²) in [6, 6.07) is 9.86. The second-order valence-electron chi connectivity index (χ2n) is 3.95. The van der Waals surface area contributed by atoms with Crippen LogP contribution in [0.25, 0.3) is 0 Å². The molecule has 0 bridgehead atoms. The van der Waals surface area contributed by atoms with Crippen molar-refractivity contribution in [3.05, 3.63) is 48.2 Å². The van der Waals surface area contributed by atoms with E-state index in [2.05, 4.69) is 11.9 Å². The van der Waals surface area contributed by atoms with E-state index in [4.69, 9.17) is 0 Å². The van der Waals surface area contributed by atoms with Crippen LogP contribution in [0.4, 0.5) is 0 Å². The predicted molar refractivity (Wildman–Crippen MR) is 67.2 cm³/mol. The zero-order valence-corrected chi connectivity index (χ0v) is 9.99. The van der Waals surface area contributed by atoms with Crippen LogP contribution in [-0.4, -0.2) is 11.8 Å². The summed E-state index contributed by atoms with van der Waals surface area (Å²) in [5.41, 5.74) is 2.08. The Morgan fingerprint density at radius 1 is 1.38 bits per heavy atom. The average molecular weight is 217 g/mol. The largest absolute Gasteiger partial charge is 0.379 e. The summed E-state index contributed by atoms with van der Waals surface area (Å²) in [6.45, 7) is 7.51. The van der Waals surface area contributed by atoms with Gasteiger partial charge in [-0.1, -0.05) is 43.8 Å². The Hall–Kier alpha value is -1.57. The molecule has 0 aliphatic heterocycles. The van der Waals surface area contributed by atoms with Crippen molar-refractivity contribution in [2.24, 2.45) is 0 Å². The molecule has 1 rings (SSSR count). The molecule has 0 radical (unpaired) electrons. The van der Waals surface area contributed by atoms with Crippen molar-refractivity contribution >= 4 is 5.78 Å². The molecule has 0 unspecified atom stereocenters. The zero-order chi connectivity index (χ0) is 12.0. The lowest BCUT2D eigenvalue weighted by molar-refractivity contribution is -0.118. The molecule has 1 aromatic carbocycles. The fourth-order valence-electron chi connectivity index (χ4n) is 1.49. The van der Waals surface area contributed by atoms with Gasteiger partial charge in [0, 0.05) is 5.70 Å². The fourth-order valence-corrected chi connectivity index (χ4v) is 1.49. The van der Waals surface area contributed by atoms with Crippen LogP contribution in [0.1, 0.15) is 25.8 Å². The van der Waals surface area contributed by atoms with Gasteiger partial charge in [-0.2, -0.15) is 0 Å². The maximum atomic E-state index is 11.5. The van der Waals surface area contributed by atoms with Crippen molar-refractivity contribution in [1.29, 1.82) is 0 Å². The molecule has 0 fully saturated rings. The summed E-state index contributed by atoms with van der Waals surface area (Å²) in [7, 11) is 0. The first kappa shape index (κ1) is 12.5. The van der Waals surface area contributed by atoms with Crippen LogP contribution in [0.2, 0.25) is 0 Å². The van der Waals surface area contributed by atoms with Gasteiger partial charge in [-0.25, -0.2) is 0 Å². The Labute approximate surface area is 97.4 Å². The van der Waals surface area contributed by atoms with Crippen LogP contribution in [0.5, 0.6) is 0 Å². The second kappa shape index (κ2) is 6.11. The third-order valence-corrected chi connectivity index (χ3v) is 2.58. The molecule has 0 saturated heterocycles. The number of benzene rings is 1. The third-order valence-electron chi connectivity index (χ3n) is 2.58. The molecule has 2 nitrogen and oxygen atoms in total. The molecular formula is C14H19NO. The summed E-state index contributed by atoms with van der Waals surface area (Å²) >= 11 is 0. The van der Waals surface area contributed by atoms with Gasteiger partial charge in [0.25, 0.3) is 0 Å². The van der Waals surface area contributed by atoms with Gasteiger partial charge in [-0.3, -0.25) is 4.79 Å². The number of Topliss-reactive ketones (excluding diaryl/α,β-unsaturated/α-hetero) is 1. The summed E-state index contributed by atoms with van der Waals surface area (Å²) in [5.74, 6) is 0.151. The number of nitrogens with one attached hydrogen (secondary N) is 1. The van der Waals surface area contributed by atoms with Crippen molar-refractivity contribution in [2.75, 3.05) is 0 Å². The van der Waals surface area contributed by atoms with Crippen molar-refractivity contribution < 1.29 is 4.79 Å². The number of ketones is 1. The minimum atomic E-state index is -0.158. The number of allylic oxidation sites excluding steroid dienone is 1. The van der Waals surface area contributed by atoms with Crippen LogP contribution < -0.4 is 5.32 Å². The number of hydrogen-bond donors (Lipinski definition) is 1. The van der Waals surface area contributed by atoms with E-state index in [-0.39, 0.29) is 11.8 Å². The van der Waals surface area contributed by atoms with Crippen LogP contribution in [-0.2, 0) is 11.2 Å². The minimum absolute atomic E-state index is 0.151. The van der Waals surface area contributed by atoms with E-state index in [1.165, 1.54) is 5.56 Å². The molecule has 0 amide bonds. The Kier molecular flexibility index (Phi) is 4.77. The monoisotopic (exact) mass is 217 g/mol. The molecule has 86 valence electrons. The highest BCUT2D eigenvalue weighted by molar-refractivity contribution is 5.82. The lowest BCUT2D eigenvalue weighted by Gasteiger charge is -2.18. The first-order chi connectivity index (χ1) is 7.63. The summed E-state index contributed by atoms with van der Waals surface area (Å²) in [6.07, 6.45) is 1.56. The molecule has 0 heterocycles. The topological polar surface area (TPSA) is 29.1 Å². The summed E-state index contributed by atoms with van der Waals surface area (Å²) < 4.78 is 0. The van der Waals surface area contributed by atoms with E-state index in [1.807, 2.05) is 37.3 Å². The lowest BCUT2D eigenvalue weighted by atomic mass is 10.0. The first-order valence-corrected chi connectivity index (χ1v) is 5.62. The average Bonchev–Trinajstić information content (AvgIpc) is 2.29. The first-order valence-electron chi connectivity index (χ1n) is 5.62. The summed E-state index contributed by atoms with van der Waals surface area (Å²) in [5, 5.41) is 3.17. The smallest absolute Gasteiger partial charge is 0.152 e. The highest BCUT2D eigenvalue weighted by Gasteiger charge is 2.14. The number of hydrogen-bond acceptors (Lipinski definition) is 2. The zero-order valence-electron chi connectivity index (χ0n) is 9.99. The molecule has 0 aliphatic carbocycles. The van der Waals surface area contributed by atoms with Crippen molar-refractivity contribution in [1.82, 2.24) is 5.32 Å². The van der Waals surface area contributed by atoms with Gasteiger partial charge in [0.1, 0.15) is 0 Å². The minimum Gasteiger partial charge on any atom is -0.379 e. The maximum Gasteiger partial charge on any atom is 0.152 e. The molecule has 1 aromatic rings. The highest BCUT2D eigenvalue weighted by Crippen LogP contribution is 2.06. The number of carbonyl (C=O) groups excluding carboxylic acids is 1. The van der Waals surface area contributed by atoms with Crippen molar-refractivity contribution in [3.63, 3.8) is 0 Å². The molecule has 0 aliphatic rings. The molecule has 1 atom stereocenters. The molecule has 0 aromatic heterocycles. The van der Waals surface area contributed by atoms with Gasteiger partial charge >= 0.3 is 0 Å². The number of rotatable bonds is 6. The maximum absolute atomic E-state index is 11.5. The fraction of sp³-hybridized carbons (Fsp3) is 0.357. The molecule has 2 heteroatoms. The van der Waals surface area contributed by atoms with E-state index < -0.39 is 0 Å². The predicted octanol–water partition coefficient (Wildman–Crippen LogP) is 2.70. The Morgan fingerprint density at radius 2 is 2.00 bits per heavy atom. The van der Waals surface area contributed by atoms with Gasteiger partial charge in [-0.05, 0) is 25.3 Å². The van der Waals surface area contributed by atoms with Crippen LogP contribution in [0.15, 0.2) is 42.6 Å². The van der Waals surface area contributed by atoms with E-state index in [0.717, 1.165) is 18.5 Å². The highest BCUT2D eigenvalue weighted by atomic mass is 16.1. The Balaban J connectivity index is 2.65. The molecule has 0 saturated carbocycles. The third kappa shape index (κ3) is 3.89. The Bertz CT molecular complexity index is 356. The van der Waals surface area contributed by atoms with Crippen LogP contribution in [0.3, 0.4) is 0 Å². The van der Waals surface area contributed by atoms with E-state index >= 15 is 0 Å². The molecular weight excluding hydrogens is 198 g/mol. The molecule has 1 N–H and O–H groups in total. The number of carbonyl (C=O) groups is 1. The quantitative estimate of drug-likeness (QED) is 0.793. The van der Waals surface area contributed by atoms with E-state index in [9.17, 15) is 4.79 Å². The molecule has 0 spiro atoms. The standard InChI is InChI=1S/C14H19NO/c1-4-11(2)15-14(12(3)16)10-13-8-6-5-7-9-13/h5-9,14-15H,2,4,10H2,1,3H3/t14-/m0/s1. The Morgan fingerprint density at radius 3 is 2.50 bits per heavy atom. The van der Waals surface area contributed by atoms with Gasteiger partial charge in [0.15, 0.2) is 5.78 Å². The van der Waals surface area contributed by atoms with Crippen molar-refractivity contribution in [3.8, 4) is 0 Å². The van der Waals surface area contributed by atoms with E-state index in [0.29, 0.717) is 0 Å². The van der Waals surface area contributed by atoms with E-state index in [1.54, 1.807) is 6.92 Å². The SMILES string of the molecule is C=C(CC)N[C@@H](Cc1ccccc1)C(C)=O. The lowest BCUT2D eigenvalue weighted by Crippen LogP contribution is -2.36. The summed E-state index contributed by atoms with van der Waals surface area (Å²) in [4.78, 5) is 11.5. The van der Waals surface area contributed by atoms with Gasteiger partial charge in [0.05, 0.1) is 6.04 Å². The molecule has 16 heavy (non-hydrogen) atoms. The second-order valence-corrected chi connectivity index (χ2v) is 3.95.